The molecule has 0 atom stereocenters. The molecule has 0 radical (unpaired) electrons. The van der Waals surface area contributed by atoms with Gasteiger partial charge in [0.05, 0.1) is 11.8 Å². The summed E-state index contributed by atoms with van der Waals surface area (Å²) in [5, 5.41) is 3.62. The summed E-state index contributed by atoms with van der Waals surface area (Å²) in [5.74, 6) is -1.74. The number of carbonyl (C=O) groups excluding carboxylic acids is 1. The third kappa shape index (κ3) is 4.04. The van der Waals surface area contributed by atoms with Gasteiger partial charge in [-0.1, -0.05) is 26.0 Å². The maximum absolute atomic E-state index is 13.9. The van der Waals surface area contributed by atoms with Gasteiger partial charge in [0, 0.05) is 13.6 Å². The van der Waals surface area contributed by atoms with Crippen LogP contribution in [0.5, 0.6) is 0 Å². The molecule has 0 fully saturated rings. The average molecular weight is 372 g/mol. The van der Waals surface area contributed by atoms with Crippen LogP contribution in [0, 0.1) is 11.2 Å². The Labute approximate surface area is 148 Å². The Balaban J connectivity index is 2.51. The number of aromatic nitrogens is 2. The summed E-state index contributed by atoms with van der Waals surface area (Å²) < 4.78 is 55.2. The fourth-order valence-corrected chi connectivity index (χ4v) is 2.57. The molecule has 0 saturated heterocycles. The molecule has 0 aliphatic heterocycles. The van der Waals surface area contributed by atoms with E-state index in [1.54, 1.807) is 13.8 Å². The minimum absolute atomic E-state index is 0.157. The number of para-hydroxylation sites is 1. The molecule has 0 aliphatic rings. The van der Waals surface area contributed by atoms with Crippen molar-refractivity contribution in [1.29, 1.82) is 0 Å². The summed E-state index contributed by atoms with van der Waals surface area (Å²) in [5.41, 5.74) is 2.80. The molecule has 1 aromatic heterocycles. The Morgan fingerprint density at radius 3 is 2.42 bits per heavy atom. The molecule has 1 aromatic carbocycles. The first-order valence-corrected chi connectivity index (χ1v) is 7.83. The van der Waals surface area contributed by atoms with Gasteiger partial charge in [-0.25, -0.2) is 9.07 Å². The summed E-state index contributed by atoms with van der Waals surface area (Å²) in [6, 6.07) is 4.92. The van der Waals surface area contributed by atoms with E-state index in [0.29, 0.717) is 4.68 Å². The van der Waals surface area contributed by atoms with Crippen molar-refractivity contribution in [3.05, 3.63) is 47.5 Å². The van der Waals surface area contributed by atoms with Gasteiger partial charge in [-0.2, -0.15) is 18.3 Å². The molecule has 0 saturated carbocycles. The standard InChI is InChI=1S/C17H20F4N4O/c1-16(2,9-22)10-24(3)15(26)11-8-23-25(14(11)17(19,20)21)13-7-5-4-6-12(13)18/h4-8H,9-10,22H2,1-3H3. The predicted octanol–water partition coefficient (Wildman–Crippen LogP) is 3.09. The summed E-state index contributed by atoms with van der Waals surface area (Å²) in [6.07, 6.45) is -4.09. The number of amides is 1. The highest BCUT2D eigenvalue weighted by Crippen LogP contribution is 2.34. The number of hydrogen-bond acceptors (Lipinski definition) is 3. The fourth-order valence-electron chi connectivity index (χ4n) is 2.57. The molecule has 1 heterocycles. The highest BCUT2D eigenvalue weighted by Gasteiger charge is 2.41. The molecule has 0 bridgehead atoms. The average Bonchev–Trinajstić information content (AvgIpc) is 2.99. The number of hydrogen-bond donors (Lipinski definition) is 1. The monoisotopic (exact) mass is 372 g/mol. The van der Waals surface area contributed by atoms with Gasteiger partial charge in [-0.15, -0.1) is 0 Å². The van der Waals surface area contributed by atoms with Gasteiger partial charge in [0.25, 0.3) is 5.91 Å². The fraction of sp³-hybridized carbons (Fsp3) is 0.412. The molecule has 1 amide bonds. The van der Waals surface area contributed by atoms with E-state index in [0.717, 1.165) is 23.2 Å². The molecule has 2 N–H and O–H groups in total. The zero-order valence-corrected chi connectivity index (χ0v) is 14.6. The molecule has 0 aliphatic carbocycles. The van der Waals surface area contributed by atoms with Gasteiger partial charge in [0.2, 0.25) is 0 Å². The topological polar surface area (TPSA) is 64.2 Å². The van der Waals surface area contributed by atoms with Crippen LogP contribution in [0.2, 0.25) is 0 Å². The minimum Gasteiger partial charge on any atom is -0.341 e. The van der Waals surface area contributed by atoms with Crippen molar-refractivity contribution < 1.29 is 22.4 Å². The Morgan fingerprint density at radius 1 is 1.27 bits per heavy atom. The van der Waals surface area contributed by atoms with Crippen molar-refractivity contribution >= 4 is 5.91 Å². The van der Waals surface area contributed by atoms with Crippen LogP contribution in [0.3, 0.4) is 0 Å². The van der Waals surface area contributed by atoms with E-state index in [1.807, 2.05) is 0 Å². The lowest BCUT2D eigenvalue weighted by Crippen LogP contribution is -2.40. The number of rotatable bonds is 5. The first-order chi connectivity index (χ1) is 12.0. The van der Waals surface area contributed by atoms with Crippen LogP contribution in [0.25, 0.3) is 5.69 Å². The summed E-state index contributed by atoms with van der Waals surface area (Å²) >= 11 is 0. The Morgan fingerprint density at radius 2 is 1.88 bits per heavy atom. The van der Waals surface area contributed by atoms with Crippen LogP contribution in [0.15, 0.2) is 30.5 Å². The van der Waals surface area contributed by atoms with E-state index in [2.05, 4.69) is 5.10 Å². The third-order valence-corrected chi connectivity index (χ3v) is 3.91. The summed E-state index contributed by atoms with van der Waals surface area (Å²) in [4.78, 5) is 13.7. The number of alkyl halides is 3. The first-order valence-electron chi connectivity index (χ1n) is 7.83. The largest absolute Gasteiger partial charge is 0.434 e. The van der Waals surface area contributed by atoms with Gasteiger partial charge < -0.3 is 10.6 Å². The van der Waals surface area contributed by atoms with Crippen LogP contribution in [0.4, 0.5) is 17.6 Å². The predicted molar refractivity (Wildman–Crippen MR) is 88.3 cm³/mol. The van der Waals surface area contributed by atoms with Crippen molar-refractivity contribution in [2.75, 3.05) is 20.1 Å². The molecule has 142 valence electrons. The number of nitrogens with two attached hydrogens (primary N) is 1. The molecule has 26 heavy (non-hydrogen) atoms. The highest BCUT2D eigenvalue weighted by atomic mass is 19.4. The van der Waals surface area contributed by atoms with Gasteiger partial charge >= 0.3 is 6.18 Å². The smallest absolute Gasteiger partial charge is 0.341 e. The number of benzene rings is 1. The Bertz CT molecular complexity index is 798. The summed E-state index contributed by atoms with van der Waals surface area (Å²) in [6.45, 7) is 4.00. The van der Waals surface area contributed by atoms with Crippen molar-refractivity contribution in [2.45, 2.75) is 20.0 Å². The van der Waals surface area contributed by atoms with Gasteiger partial charge in [-0.05, 0) is 24.1 Å². The van der Waals surface area contributed by atoms with Crippen LogP contribution in [-0.4, -0.2) is 40.7 Å². The van der Waals surface area contributed by atoms with Gasteiger partial charge in [-0.3, -0.25) is 4.79 Å². The lowest BCUT2D eigenvalue weighted by atomic mass is 9.93. The van der Waals surface area contributed by atoms with Gasteiger partial charge in [0.1, 0.15) is 11.5 Å². The van der Waals surface area contributed by atoms with Crippen LogP contribution in [-0.2, 0) is 6.18 Å². The first kappa shape index (κ1) is 19.9. The SMILES string of the molecule is CN(CC(C)(C)CN)C(=O)c1cnn(-c2ccccc2F)c1C(F)(F)F. The molecule has 2 aromatic rings. The van der Waals surface area contributed by atoms with Gasteiger partial charge in [0.15, 0.2) is 5.69 Å². The van der Waals surface area contributed by atoms with E-state index in [-0.39, 0.29) is 18.8 Å². The molecule has 9 heteroatoms. The van der Waals surface area contributed by atoms with Crippen molar-refractivity contribution in [1.82, 2.24) is 14.7 Å². The molecular weight excluding hydrogens is 352 g/mol. The number of halogens is 4. The van der Waals surface area contributed by atoms with Crippen LogP contribution < -0.4 is 5.73 Å². The van der Waals surface area contributed by atoms with E-state index in [1.165, 1.54) is 19.2 Å². The molecule has 0 spiro atoms. The molecule has 0 unspecified atom stereocenters. The lowest BCUT2D eigenvalue weighted by Gasteiger charge is -2.29. The van der Waals surface area contributed by atoms with Crippen LogP contribution in [0.1, 0.15) is 29.9 Å². The van der Waals surface area contributed by atoms with E-state index < -0.39 is 34.6 Å². The second kappa shape index (κ2) is 7.06. The van der Waals surface area contributed by atoms with E-state index in [9.17, 15) is 22.4 Å². The third-order valence-electron chi connectivity index (χ3n) is 3.91. The van der Waals surface area contributed by atoms with Crippen molar-refractivity contribution in [2.24, 2.45) is 11.1 Å². The quantitative estimate of drug-likeness (QED) is 0.821. The maximum Gasteiger partial charge on any atom is 0.434 e. The number of carbonyl (C=O) groups is 1. The second-order valence-corrected chi connectivity index (χ2v) is 6.80. The molecule has 5 nitrogen and oxygen atoms in total. The van der Waals surface area contributed by atoms with Crippen molar-refractivity contribution in [3.63, 3.8) is 0 Å². The highest BCUT2D eigenvalue weighted by molar-refractivity contribution is 5.95. The maximum atomic E-state index is 13.9. The lowest BCUT2D eigenvalue weighted by molar-refractivity contribution is -0.143. The zero-order chi connectivity index (χ0) is 19.7. The van der Waals surface area contributed by atoms with E-state index >= 15 is 0 Å². The normalized spacial score (nSPS) is 12.3. The Hall–Kier alpha value is -2.42. The van der Waals surface area contributed by atoms with Crippen molar-refractivity contribution in [3.8, 4) is 5.69 Å². The Kier molecular flexibility index (Phi) is 5.41. The minimum atomic E-state index is -4.89. The second-order valence-electron chi connectivity index (χ2n) is 6.80. The molecular formula is C17H20F4N4O. The number of nitrogens with zero attached hydrogens (tertiary/aromatic N) is 3. The van der Waals surface area contributed by atoms with E-state index in [4.69, 9.17) is 5.73 Å². The summed E-state index contributed by atoms with van der Waals surface area (Å²) in [7, 11) is 1.39. The van der Waals surface area contributed by atoms with Crippen LogP contribution >= 0.6 is 0 Å². The molecule has 2 rings (SSSR count). The zero-order valence-electron chi connectivity index (χ0n) is 14.6.